The highest BCUT2D eigenvalue weighted by Crippen LogP contribution is 2.27. The van der Waals surface area contributed by atoms with E-state index >= 15 is 0 Å². The lowest BCUT2D eigenvalue weighted by molar-refractivity contribution is 1.36. The van der Waals surface area contributed by atoms with E-state index in [1.165, 1.54) is 21.9 Å². The smallest absolute Gasteiger partial charge is 0.182 e. The van der Waals surface area contributed by atoms with Crippen molar-refractivity contribution in [3.05, 3.63) is 47.3 Å². The highest BCUT2D eigenvalue weighted by molar-refractivity contribution is 7.14. The van der Waals surface area contributed by atoms with Crippen molar-refractivity contribution in [3.63, 3.8) is 0 Å². The molecule has 0 fully saturated rings. The van der Waals surface area contributed by atoms with Crippen LogP contribution in [0.25, 0.3) is 22.0 Å². The number of aryl methyl sites for hydroxylation is 1. The fourth-order valence-electron chi connectivity index (χ4n) is 2.05. The Morgan fingerprint density at radius 3 is 2.61 bits per heavy atom. The number of rotatable bonds is 2. The number of fused-ring (bicyclic) bond motifs is 1. The van der Waals surface area contributed by atoms with Gasteiger partial charge in [-0.05, 0) is 23.8 Å². The van der Waals surface area contributed by atoms with E-state index < -0.39 is 0 Å². The molecule has 0 atom stereocenters. The summed E-state index contributed by atoms with van der Waals surface area (Å²) in [5.74, 6) is 0. The largest absolute Gasteiger partial charge is 0.365 e. The van der Waals surface area contributed by atoms with Gasteiger partial charge >= 0.3 is 0 Å². The summed E-state index contributed by atoms with van der Waals surface area (Å²) in [6, 6.07) is 13.0. The third-order valence-electron chi connectivity index (χ3n) is 3.01. The Morgan fingerprint density at radius 1 is 1.06 bits per heavy atom. The molecule has 0 aliphatic rings. The van der Waals surface area contributed by atoms with Crippen molar-refractivity contribution in [3.8, 4) is 11.3 Å². The topological polar surface area (TPSA) is 24.9 Å². The molecule has 0 aliphatic heterocycles. The molecule has 3 heteroatoms. The number of aromatic nitrogens is 1. The highest BCUT2D eigenvalue weighted by Gasteiger charge is 2.04. The molecule has 0 unspecified atom stereocenters. The van der Waals surface area contributed by atoms with Gasteiger partial charge in [-0.25, -0.2) is 4.98 Å². The zero-order valence-corrected chi connectivity index (χ0v) is 11.2. The number of nitrogens with zero attached hydrogens (tertiary/aromatic N) is 1. The van der Waals surface area contributed by atoms with E-state index in [-0.39, 0.29) is 0 Å². The van der Waals surface area contributed by atoms with Crippen LogP contribution < -0.4 is 5.32 Å². The second-order valence-electron chi connectivity index (χ2n) is 4.35. The maximum atomic E-state index is 4.53. The van der Waals surface area contributed by atoms with Crippen molar-refractivity contribution >= 4 is 27.2 Å². The monoisotopic (exact) mass is 254 g/mol. The molecular formula is C15H14N2S. The molecule has 0 amide bonds. The fraction of sp³-hybridized carbons (Fsp3) is 0.133. The predicted molar refractivity (Wildman–Crippen MR) is 79.3 cm³/mol. The summed E-state index contributed by atoms with van der Waals surface area (Å²) in [4.78, 5) is 4.53. The van der Waals surface area contributed by atoms with Crippen LogP contribution in [0.2, 0.25) is 0 Å². The molecule has 3 aromatic rings. The third kappa shape index (κ3) is 1.97. The first-order valence-corrected chi connectivity index (χ1v) is 6.78. The summed E-state index contributed by atoms with van der Waals surface area (Å²) in [7, 11) is 1.89. The number of anilines is 1. The predicted octanol–water partition coefficient (Wildman–Crippen LogP) is 4.31. The molecule has 2 aromatic carbocycles. The Labute approximate surface area is 110 Å². The van der Waals surface area contributed by atoms with E-state index in [1.54, 1.807) is 11.3 Å². The van der Waals surface area contributed by atoms with E-state index in [0.29, 0.717) is 0 Å². The van der Waals surface area contributed by atoms with Crippen molar-refractivity contribution in [2.24, 2.45) is 0 Å². The average Bonchev–Trinajstić information content (AvgIpc) is 2.87. The van der Waals surface area contributed by atoms with Gasteiger partial charge < -0.3 is 5.32 Å². The van der Waals surface area contributed by atoms with Crippen LogP contribution in [0.4, 0.5) is 5.13 Å². The van der Waals surface area contributed by atoms with E-state index in [2.05, 4.69) is 59.0 Å². The second-order valence-corrected chi connectivity index (χ2v) is 5.21. The average molecular weight is 254 g/mol. The molecule has 90 valence electrons. The van der Waals surface area contributed by atoms with Crippen LogP contribution in [0.5, 0.6) is 0 Å². The minimum absolute atomic E-state index is 0.953. The Kier molecular flexibility index (Phi) is 2.76. The number of benzene rings is 2. The Hall–Kier alpha value is -1.87. The Balaban J connectivity index is 2.10. The molecular weight excluding hydrogens is 240 g/mol. The van der Waals surface area contributed by atoms with Gasteiger partial charge in [0.25, 0.3) is 0 Å². The minimum atomic E-state index is 0.953. The molecule has 1 aromatic heterocycles. The molecule has 1 N–H and O–H groups in total. The van der Waals surface area contributed by atoms with E-state index in [9.17, 15) is 0 Å². The molecule has 3 rings (SSSR count). The summed E-state index contributed by atoms with van der Waals surface area (Å²) >= 11 is 1.63. The first-order chi connectivity index (χ1) is 8.76. The molecule has 0 saturated carbocycles. The van der Waals surface area contributed by atoms with Gasteiger partial charge in [-0.15, -0.1) is 11.3 Å². The summed E-state index contributed by atoms with van der Waals surface area (Å²) in [5.41, 5.74) is 3.50. The molecule has 0 bridgehead atoms. The number of nitrogens with one attached hydrogen (secondary N) is 1. The van der Waals surface area contributed by atoms with Gasteiger partial charge in [0.2, 0.25) is 0 Å². The second kappa shape index (κ2) is 4.42. The maximum absolute atomic E-state index is 4.53. The molecule has 0 spiro atoms. The van der Waals surface area contributed by atoms with Gasteiger partial charge in [-0.1, -0.05) is 35.9 Å². The van der Waals surface area contributed by atoms with Gasteiger partial charge in [0.05, 0.1) is 5.69 Å². The number of hydrogen-bond donors (Lipinski definition) is 1. The van der Waals surface area contributed by atoms with Gasteiger partial charge in [0, 0.05) is 18.0 Å². The van der Waals surface area contributed by atoms with Gasteiger partial charge in [-0.2, -0.15) is 0 Å². The zero-order chi connectivity index (χ0) is 12.5. The lowest BCUT2D eigenvalue weighted by Gasteiger charge is -2.02. The van der Waals surface area contributed by atoms with Crippen LogP contribution in [0.3, 0.4) is 0 Å². The van der Waals surface area contributed by atoms with E-state index in [4.69, 9.17) is 0 Å². The quantitative estimate of drug-likeness (QED) is 0.737. The van der Waals surface area contributed by atoms with Crippen molar-refractivity contribution < 1.29 is 0 Å². The number of thiazole rings is 1. The standard InChI is InChI=1S/C15H14N2S/c1-10-3-4-12-8-13(6-5-11(12)7-10)14-9-18-15(16-2)17-14/h3-9H,1-2H3,(H,16,17). The molecule has 1 heterocycles. The zero-order valence-electron chi connectivity index (χ0n) is 10.4. The first-order valence-electron chi connectivity index (χ1n) is 5.90. The molecule has 0 aliphatic carbocycles. The van der Waals surface area contributed by atoms with Crippen LogP contribution in [-0.4, -0.2) is 12.0 Å². The molecule has 0 radical (unpaired) electrons. The third-order valence-corrected chi connectivity index (χ3v) is 3.87. The van der Waals surface area contributed by atoms with Crippen molar-refractivity contribution in [1.82, 2.24) is 4.98 Å². The molecule has 0 saturated heterocycles. The SMILES string of the molecule is CNc1nc(-c2ccc3cc(C)ccc3c2)cs1. The summed E-state index contributed by atoms with van der Waals surface area (Å²) in [5, 5.41) is 8.65. The van der Waals surface area contributed by atoms with Crippen molar-refractivity contribution in [2.45, 2.75) is 6.92 Å². The summed E-state index contributed by atoms with van der Waals surface area (Å²) in [6.07, 6.45) is 0. The summed E-state index contributed by atoms with van der Waals surface area (Å²) in [6.45, 7) is 2.12. The van der Waals surface area contributed by atoms with Crippen LogP contribution in [0.1, 0.15) is 5.56 Å². The fourth-order valence-corrected chi connectivity index (χ4v) is 2.73. The van der Waals surface area contributed by atoms with Gasteiger partial charge in [0.15, 0.2) is 5.13 Å². The summed E-state index contributed by atoms with van der Waals surface area (Å²) < 4.78 is 0. The lowest BCUT2D eigenvalue weighted by Crippen LogP contribution is -1.86. The van der Waals surface area contributed by atoms with Gasteiger partial charge in [0.1, 0.15) is 0 Å². The van der Waals surface area contributed by atoms with Crippen LogP contribution in [0, 0.1) is 6.92 Å². The lowest BCUT2D eigenvalue weighted by atomic mass is 10.0. The van der Waals surface area contributed by atoms with Crippen LogP contribution >= 0.6 is 11.3 Å². The Bertz CT molecular complexity index is 701. The van der Waals surface area contributed by atoms with Gasteiger partial charge in [-0.3, -0.25) is 0 Å². The van der Waals surface area contributed by atoms with Crippen molar-refractivity contribution in [2.75, 3.05) is 12.4 Å². The van der Waals surface area contributed by atoms with Crippen molar-refractivity contribution in [1.29, 1.82) is 0 Å². The Morgan fingerprint density at radius 2 is 1.83 bits per heavy atom. The highest BCUT2D eigenvalue weighted by atomic mass is 32.1. The normalized spacial score (nSPS) is 10.8. The minimum Gasteiger partial charge on any atom is -0.365 e. The first kappa shape index (κ1) is 11.2. The van der Waals surface area contributed by atoms with Crippen LogP contribution in [0.15, 0.2) is 41.8 Å². The molecule has 18 heavy (non-hydrogen) atoms. The molecule has 2 nitrogen and oxygen atoms in total. The van der Waals surface area contributed by atoms with E-state index in [0.717, 1.165) is 10.8 Å². The van der Waals surface area contributed by atoms with Crippen LogP contribution in [-0.2, 0) is 0 Å². The maximum Gasteiger partial charge on any atom is 0.182 e. The van der Waals surface area contributed by atoms with E-state index in [1.807, 2.05) is 7.05 Å². The number of hydrogen-bond acceptors (Lipinski definition) is 3.